The highest BCUT2D eigenvalue weighted by molar-refractivity contribution is 5.83. The lowest BCUT2D eigenvalue weighted by molar-refractivity contribution is -0.119. The van der Waals surface area contributed by atoms with Crippen LogP contribution in [0.5, 0.6) is 0 Å². The van der Waals surface area contributed by atoms with Gasteiger partial charge in [-0.15, -0.1) is 0 Å². The molecule has 1 saturated carbocycles. The molecule has 1 aromatic carbocycles. The molecule has 80 valence electrons. The first kappa shape index (κ1) is 9.96. The highest BCUT2D eigenvalue weighted by Crippen LogP contribution is 2.34. The zero-order valence-corrected chi connectivity index (χ0v) is 8.24. The van der Waals surface area contributed by atoms with Crippen molar-refractivity contribution in [3.63, 3.8) is 0 Å². The largest absolute Gasteiger partial charge is 0.373 e. The number of hydrogen-bond donors (Lipinski definition) is 2. The molecule has 0 heterocycles. The predicted molar refractivity (Wildman–Crippen MR) is 55.7 cm³/mol. The van der Waals surface area contributed by atoms with Crippen molar-refractivity contribution in [2.24, 2.45) is 11.7 Å². The van der Waals surface area contributed by atoms with Gasteiger partial charge in [0.05, 0.1) is 0 Å². The average molecular weight is 208 g/mol. The van der Waals surface area contributed by atoms with E-state index in [1.807, 2.05) is 0 Å². The number of anilines is 1. The molecule has 1 fully saturated rings. The third-order valence-electron chi connectivity index (χ3n) is 2.55. The summed E-state index contributed by atoms with van der Waals surface area (Å²) in [6, 6.07) is 5.68. The van der Waals surface area contributed by atoms with Crippen LogP contribution in [-0.2, 0) is 4.79 Å². The van der Waals surface area contributed by atoms with Crippen LogP contribution in [0.25, 0.3) is 0 Å². The summed E-state index contributed by atoms with van der Waals surface area (Å²) in [6.07, 6.45) is 2.02. The van der Waals surface area contributed by atoms with Gasteiger partial charge in [0.25, 0.3) is 0 Å². The zero-order chi connectivity index (χ0) is 10.8. The van der Waals surface area contributed by atoms with Gasteiger partial charge in [-0.3, -0.25) is 4.79 Å². The lowest BCUT2D eigenvalue weighted by Crippen LogP contribution is -2.37. The van der Waals surface area contributed by atoms with Crippen LogP contribution in [-0.4, -0.2) is 11.9 Å². The Morgan fingerprint density at radius 2 is 2.27 bits per heavy atom. The second-order valence-electron chi connectivity index (χ2n) is 3.87. The molecular formula is C11H13FN2O. The fourth-order valence-corrected chi connectivity index (χ4v) is 1.61. The Kier molecular flexibility index (Phi) is 2.58. The van der Waals surface area contributed by atoms with Gasteiger partial charge in [0.2, 0.25) is 5.91 Å². The summed E-state index contributed by atoms with van der Waals surface area (Å²) in [5, 5.41) is 2.97. The molecule has 1 atom stereocenters. The summed E-state index contributed by atoms with van der Waals surface area (Å²) in [6.45, 7) is 0. The first-order valence-corrected chi connectivity index (χ1v) is 4.98. The summed E-state index contributed by atoms with van der Waals surface area (Å²) < 4.78 is 12.9. The molecule has 1 aliphatic carbocycles. The number of carbonyl (C=O) groups is 1. The highest BCUT2D eigenvalue weighted by Gasteiger charge is 2.34. The van der Waals surface area contributed by atoms with E-state index in [4.69, 9.17) is 5.73 Å². The van der Waals surface area contributed by atoms with E-state index < -0.39 is 0 Å². The third-order valence-corrected chi connectivity index (χ3v) is 2.55. The second kappa shape index (κ2) is 3.88. The van der Waals surface area contributed by atoms with Crippen LogP contribution >= 0.6 is 0 Å². The Hall–Kier alpha value is -1.58. The molecule has 1 amide bonds. The standard InChI is InChI=1S/C11H13FN2O/c12-8-2-1-3-9(6-8)14-10(11(13)15)7-4-5-7/h1-3,6-7,10,14H,4-5H2,(H2,13,15). The van der Waals surface area contributed by atoms with E-state index in [0.29, 0.717) is 11.6 Å². The van der Waals surface area contributed by atoms with Gasteiger partial charge in [-0.1, -0.05) is 6.07 Å². The van der Waals surface area contributed by atoms with Crippen molar-refractivity contribution in [2.45, 2.75) is 18.9 Å². The minimum atomic E-state index is -0.373. The van der Waals surface area contributed by atoms with E-state index in [1.165, 1.54) is 12.1 Å². The average Bonchev–Trinajstić information content (AvgIpc) is 2.97. The SMILES string of the molecule is NC(=O)C(Nc1cccc(F)c1)C1CC1. The molecule has 0 radical (unpaired) electrons. The van der Waals surface area contributed by atoms with Crippen LogP contribution in [0.2, 0.25) is 0 Å². The van der Waals surface area contributed by atoms with Gasteiger partial charge in [-0.25, -0.2) is 4.39 Å². The smallest absolute Gasteiger partial charge is 0.240 e. The maximum atomic E-state index is 12.9. The lowest BCUT2D eigenvalue weighted by Gasteiger charge is -2.15. The van der Waals surface area contributed by atoms with Crippen molar-refractivity contribution in [2.75, 3.05) is 5.32 Å². The molecule has 1 unspecified atom stereocenters. The Bertz CT molecular complexity index is 377. The quantitative estimate of drug-likeness (QED) is 0.787. The molecule has 4 heteroatoms. The normalized spacial score (nSPS) is 17.1. The molecule has 15 heavy (non-hydrogen) atoms. The van der Waals surface area contributed by atoms with Gasteiger partial charge < -0.3 is 11.1 Å². The van der Waals surface area contributed by atoms with E-state index in [2.05, 4.69) is 5.32 Å². The summed E-state index contributed by atoms with van der Waals surface area (Å²) in [7, 11) is 0. The van der Waals surface area contributed by atoms with Crippen LogP contribution in [0.15, 0.2) is 24.3 Å². The monoisotopic (exact) mass is 208 g/mol. The molecule has 1 aliphatic rings. The van der Waals surface area contributed by atoms with E-state index in [0.717, 1.165) is 12.8 Å². The number of carbonyl (C=O) groups excluding carboxylic acids is 1. The first-order valence-electron chi connectivity index (χ1n) is 4.98. The minimum Gasteiger partial charge on any atom is -0.373 e. The van der Waals surface area contributed by atoms with Crippen molar-refractivity contribution < 1.29 is 9.18 Å². The van der Waals surface area contributed by atoms with Crippen LogP contribution in [0.4, 0.5) is 10.1 Å². The lowest BCUT2D eigenvalue weighted by atomic mass is 10.1. The van der Waals surface area contributed by atoms with Crippen molar-refractivity contribution in [3.05, 3.63) is 30.1 Å². The highest BCUT2D eigenvalue weighted by atomic mass is 19.1. The molecular weight excluding hydrogens is 195 g/mol. The van der Waals surface area contributed by atoms with Crippen LogP contribution in [0.1, 0.15) is 12.8 Å². The van der Waals surface area contributed by atoms with Gasteiger partial charge in [-0.05, 0) is 37.0 Å². The van der Waals surface area contributed by atoms with E-state index in [9.17, 15) is 9.18 Å². The molecule has 3 nitrogen and oxygen atoms in total. The molecule has 0 spiro atoms. The second-order valence-corrected chi connectivity index (χ2v) is 3.87. The zero-order valence-electron chi connectivity index (χ0n) is 8.24. The van der Waals surface area contributed by atoms with Crippen molar-refractivity contribution >= 4 is 11.6 Å². The number of hydrogen-bond acceptors (Lipinski definition) is 2. The van der Waals surface area contributed by atoms with Crippen LogP contribution in [0, 0.1) is 11.7 Å². The molecule has 0 bridgehead atoms. The van der Waals surface area contributed by atoms with Gasteiger partial charge in [0.1, 0.15) is 11.9 Å². The Labute approximate surface area is 87.5 Å². The number of nitrogens with two attached hydrogens (primary N) is 1. The van der Waals surface area contributed by atoms with Gasteiger partial charge in [0.15, 0.2) is 0 Å². The van der Waals surface area contributed by atoms with Crippen molar-refractivity contribution in [1.82, 2.24) is 0 Å². The number of nitrogens with one attached hydrogen (secondary N) is 1. The summed E-state index contributed by atoms with van der Waals surface area (Å²) >= 11 is 0. The van der Waals surface area contributed by atoms with Gasteiger partial charge >= 0.3 is 0 Å². The molecule has 2 rings (SSSR count). The fourth-order valence-electron chi connectivity index (χ4n) is 1.61. The van der Waals surface area contributed by atoms with Crippen molar-refractivity contribution in [1.29, 1.82) is 0 Å². The van der Waals surface area contributed by atoms with Crippen LogP contribution in [0.3, 0.4) is 0 Å². The summed E-state index contributed by atoms with van der Waals surface area (Å²) in [5.41, 5.74) is 5.87. The van der Waals surface area contributed by atoms with Gasteiger partial charge in [0, 0.05) is 5.69 Å². The van der Waals surface area contributed by atoms with E-state index in [-0.39, 0.29) is 17.8 Å². The number of rotatable bonds is 4. The first-order chi connectivity index (χ1) is 7.16. The number of amides is 1. The predicted octanol–water partition coefficient (Wildman–Crippen LogP) is 1.50. The number of halogens is 1. The maximum Gasteiger partial charge on any atom is 0.240 e. The third kappa shape index (κ3) is 2.46. The number of primary amides is 1. The maximum absolute atomic E-state index is 12.9. The molecule has 0 aliphatic heterocycles. The Morgan fingerprint density at radius 1 is 1.53 bits per heavy atom. The fraction of sp³-hybridized carbons (Fsp3) is 0.364. The van der Waals surface area contributed by atoms with E-state index in [1.54, 1.807) is 12.1 Å². The molecule has 0 aromatic heterocycles. The Morgan fingerprint density at radius 3 is 2.80 bits per heavy atom. The van der Waals surface area contributed by atoms with Crippen LogP contribution < -0.4 is 11.1 Å². The molecule has 3 N–H and O–H groups in total. The summed E-state index contributed by atoms with van der Waals surface area (Å²) in [5.74, 6) is -0.383. The number of benzene rings is 1. The molecule has 1 aromatic rings. The molecule has 0 saturated heterocycles. The van der Waals surface area contributed by atoms with E-state index >= 15 is 0 Å². The van der Waals surface area contributed by atoms with Gasteiger partial charge in [-0.2, -0.15) is 0 Å². The topological polar surface area (TPSA) is 55.1 Å². The Balaban J connectivity index is 2.08. The summed E-state index contributed by atoms with van der Waals surface area (Å²) in [4.78, 5) is 11.1. The minimum absolute atomic E-state index is 0.311. The van der Waals surface area contributed by atoms with Crippen molar-refractivity contribution in [3.8, 4) is 0 Å².